The Morgan fingerprint density at radius 3 is 1.92 bits per heavy atom. The number of rotatable bonds is 9. The second-order valence-electron chi connectivity index (χ2n) is 4.58. The van der Waals surface area contributed by atoms with Crippen molar-refractivity contribution in [2.75, 3.05) is 6.79 Å². The minimum Gasteiger partial charge on any atom is -0.481 e. The first kappa shape index (κ1) is 20.5. The van der Waals surface area contributed by atoms with Crippen LogP contribution < -0.4 is 0 Å². The molecule has 1 aromatic rings. The Morgan fingerprint density at radius 2 is 1.42 bits per heavy atom. The van der Waals surface area contributed by atoms with Gasteiger partial charge in [-0.2, -0.15) is 0 Å². The molecule has 140 valence electrons. The molecule has 4 N–H and O–H groups in total. The van der Waals surface area contributed by atoms with Crippen LogP contribution in [0.3, 0.4) is 0 Å². The third kappa shape index (κ3) is 5.54. The van der Waals surface area contributed by atoms with Crippen LogP contribution in [-0.4, -0.2) is 57.2 Å². The normalized spacial score (nSPS) is 10.0. The standard InChI is InChI=1S/C14H12O12/c15-10(16)3-11(17)24-5-25-14(22)7-2-9(13(20)21)8(12(18)19)1-6(7)4-26-23/h1-2,23H,3-5H2,(H,15,16)(H,18,19)(H,20,21). The van der Waals surface area contributed by atoms with Crippen molar-refractivity contribution in [1.29, 1.82) is 0 Å². The number of hydrogen-bond acceptors (Lipinski definition) is 9. The Morgan fingerprint density at radius 1 is 0.846 bits per heavy atom. The van der Waals surface area contributed by atoms with Gasteiger partial charge in [-0.25, -0.2) is 19.3 Å². The number of hydrogen-bond donors (Lipinski definition) is 4. The first-order valence-electron chi connectivity index (χ1n) is 6.61. The summed E-state index contributed by atoms with van der Waals surface area (Å²) in [6.07, 6.45) is -0.961. The average molecular weight is 372 g/mol. The van der Waals surface area contributed by atoms with Gasteiger partial charge in [-0.05, 0) is 17.7 Å². The molecule has 0 spiro atoms. The maximum absolute atomic E-state index is 12.0. The lowest BCUT2D eigenvalue weighted by atomic mass is 9.98. The summed E-state index contributed by atoms with van der Waals surface area (Å²) in [7, 11) is 0. The summed E-state index contributed by atoms with van der Waals surface area (Å²) in [4.78, 5) is 59.4. The highest BCUT2D eigenvalue weighted by atomic mass is 17.1. The van der Waals surface area contributed by atoms with Crippen molar-refractivity contribution < 1.29 is 58.9 Å². The molecular formula is C14H12O12. The van der Waals surface area contributed by atoms with Gasteiger partial charge in [-0.1, -0.05) is 0 Å². The molecule has 12 heteroatoms. The minimum absolute atomic E-state index is 0.211. The second-order valence-corrected chi connectivity index (χ2v) is 4.58. The predicted octanol–water partition coefficient (Wildman–Crippen LogP) is 0.205. The van der Waals surface area contributed by atoms with Crippen LogP contribution in [0.4, 0.5) is 0 Å². The Bertz CT molecular complexity index is 751. The summed E-state index contributed by atoms with van der Waals surface area (Å²) in [5.74, 6) is -7.10. The summed E-state index contributed by atoms with van der Waals surface area (Å²) in [5, 5.41) is 35.0. The molecule has 0 aliphatic carbocycles. The number of carbonyl (C=O) groups is 5. The summed E-state index contributed by atoms with van der Waals surface area (Å²) < 4.78 is 8.88. The van der Waals surface area contributed by atoms with Crippen molar-refractivity contribution in [1.82, 2.24) is 0 Å². The fraction of sp³-hybridized carbons (Fsp3) is 0.214. The fourth-order valence-electron chi connectivity index (χ4n) is 1.78. The molecule has 12 nitrogen and oxygen atoms in total. The van der Waals surface area contributed by atoms with Crippen molar-refractivity contribution in [2.24, 2.45) is 0 Å². The predicted molar refractivity (Wildman–Crippen MR) is 76.4 cm³/mol. The molecule has 0 radical (unpaired) electrons. The van der Waals surface area contributed by atoms with Gasteiger partial charge in [-0.3, -0.25) is 14.8 Å². The summed E-state index contributed by atoms with van der Waals surface area (Å²) in [5.41, 5.74) is -2.06. The van der Waals surface area contributed by atoms with Gasteiger partial charge in [0.2, 0.25) is 6.79 Å². The van der Waals surface area contributed by atoms with Gasteiger partial charge in [-0.15, -0.1) is 0 Å². The third-order valence-electron chi connectivity index (χ3n) is 2.85. The monoisotopic (exact) mass is 372 g/mol. The van der Waals surface area contributed by atoms with E-state index in [-0.39, 0.29) is 5.56 Å². The van der Waals surface area contributed by atoms with Gasteiger partial charge >= 0.3 is 29.8 Å². The van der Waals surface area contributed by atoms with Gasteiger partial charge in [0.15, 0.2) is 0 Å². The SMILES string of the molecule is O=C(O)CC(=O)OCOC(=O)c1cc(C(=O)O)c(C(=O)O)cc1COO. The van der Waals surface area contributed by atoms with E-state index in [9.17, 15) is 24.0 Å². The third-order valence-corrected chi connectivity index (χ3v) is 2.85. The largest absolute Gasteiger partial charge is 0.481 e. The minimum atomic E-state index is -1.64. The van der Waals surface area contributed by atoms with Gasteiger partial charge in [0.1, 0.15) is 13.0 Å². The quantitative estimate of drug-likeness (QED) is 0.151. The Balaban J connectivity index is 3.05. The van der Waals surface area contributed by atoms with Gasteiger partial charge in [0.25, 0.3) is 0 Å². The molecule has 0 aliphatic rings. The molecule has 0 heterocycles. The molecule has 0 saturated heterocycles. The molecular weight excluding hydrogens is 360 g/mol. The lowest BCUT2D eigenvalue weighted by Gasteiger charge is -2.12. The molecule has 0 bridgehead atoms. The zero-order valence-corrected chi connectivity index (χ0v) is 12.8. The van der Waals surface area contributed by atoms with Crippen LogP contribution in [0, 0.1) is 0 Å². The topological polar surface area (TPSA) is 194 Å². The van der Waals surface area contributed by atoms with Crippen LogP contribution in [0.25, 0.3) is 0 Å². The average Bonchev–Trinajstić information content (AvgIpc) is 2.53. The number of carboxylic acids is 3. The zero-order chi connectivity index (χ0) is 19.9. The highest BCUT2D eigenvalue weighted by Crippen LogP contribution is 2.20. The van der Waals surface area contributed by atoms with Crippen molar-refractivity contribution in [3.63, 3.8) is 0 Å². The first-order valence-corrected chi connectivity index (χ1v) is 6.61. The maximum Gasteiger partial charge on any atom is 0.341 e. The summed E-state index contributed by atoms with van der Waals surface area (Å²) >= 11 is 0. The molecule has 0 amide bonds. The smallest absolute Gasteiger partial charge is 0.341 e. The molecule has 1 rings (SSSR count). The van der Waals surface area contributed by atoms with E-state index >= 15 is 0 Å². The molecule has 26 heavy (non-hydrogen) atoms. The van der Waals surface area contributed by atoms with Crippen LogP contribution in [0.5, 0.6) is 0 Å². The first-order chi connectivity index (χ1) is 12.2. The van der Waals surface area contributed by atoms with E-state index < -0.39 is 66.4 Å². The van der Waals surface area contributed by atoms with E-state index in [0.29, 0.717) is 6.07 Å². The van der Waals surface area contributed by atoms with E-state index in [1.165, 1.54) is 0 Å². The van der Waals surface area contributed by atoms with Crippen LogP contribution in [0.1, 0.15) is 43.1 Å². The Labute approximate surface area is 144 Å². The van der Waals surface area contributed by atoms with Gasteiger partial charge in [0, 0.05) is 0 Å². The van der Waals surface area contributed by atoms with Crippen LogP contribution >= 0.6 is 0 Å². The number of carbonyl (C=O) groups excluding carboxylic acids is 2. The molecule has 0 unspecified atom stereocenters. The maximum atomic E-state index is 12.0. The zero-order valence-electron chi connectivity index (χ0n) is 12.8. The van der Waals surface area contributed by atoms with Crippen molar-refractivity contribution in [3.8, 4) is 0 Å². The number of aliphatic carboxylic acids is 1. The highest BCUT2D eigenvalue weighted by molar-refractivity contribution is 6.04. The van der Waals surface area contributed by atoms with Crippen molar-refractivity contribution in [2.45, 2.75) is 13.0 Å². The number of carboxylic acid groups (broad SMARTS) is 3. The lowest BCUT2D eigenvalue weighted by Crippen LogP contribution is -2.18. The van der Waals surface area contributed by atoms with Gasteiger partial charge < -0.3 is 24.8 Å². The Hall–Kier alpha value is -3.51. The van der Waals surface area contributed by atoms with Crippen molar-refractivity contribution in [3.05, 3.63) is 34.4 Å². The molecule has 1 aromatic carbocycles. The highest BCUT2D eigenvalue weighted by Gasteiger charge is 2.23. The number of aromatic carboxylic acids is 2. The van der Waals surface area contributed by atoms with E-state index in [1.54, 1.807) is 0 Å². The molecule has 0 aromatic heterocycles. The number of benzene rings is 1. The Kier molecular flexibility index (Phi) is 7.19. The van der Waals surface area contributed by atoms with E-state index in [4.69, 9.17) is 20.6 Å². The fourth-order valence-corrected chi connectivity index (χ4v) is 1.78. The van der Waals surface area contributed by atoms with E-state index in [2.05, 4.69) is 14.4 Å². The molecule has 0 fully saturated rings. The van der Waals surface area contributed by atoms with E-state index in [1.807, 2.05) is 0 Å². The molecule has 0 aliphatic heterocycles. The van der Waals surface area contributed by atoms with Gasteiger partial charge in [0.05, 0.1) is 16.7 Å². The molecule has 0 atom stereocenters. The number of ether oxygens (including phenoxy) is 2. The van der Waals surface area contributed by atoms with E-state index in [0.717, 1.165) is 6.07 Å². The second kappa shape index (κ2) is 9.10. The van der Waals surface area contributed by atoms with Crippen LogP contribution in [0.2, 0.25) is 0 Å². The van der Waals surface area contributed by atoms with Crippen molar-refractivity contribution >= 4 is 29.8 Å². The summed E-state index contributed by atoms with van der Waals surface area (Å²) in [6, 6.07) is 1.50. The lowest BCUT2D eigenvalue weighted by molar-refractivity contribution is -0.253. The summed E-state index contributed by atoms with van der Waals surface area (Å²) in [6.45, 7) is -1.63. The molecule has 0 saturated carbocycles. The van der Waals surface area contributed by atoms with Crippen LogP contribution in [-0.2, 0) is 30.6 Å². The number of esters is 2. The van der Waals surface area contributed by atoms with Crippen LogP contribution in [0.15, 0.2) is 12.1 Å².